The minimum Gasteiger partial charge on any atom is -0.397 e. The Balaban J connectivity index is 1.39. The third-order valence-corrected chi connectivity index (χ3v) is 5.18. The van der Waals surface area contributed by atoms with Crippen LogP contribution in [-0.4, -0.2) is 38.8 Å². The number of halogens is 2. The van der Waals surface area contributed by atoms with Crippen molar-refractivity contribution in [3.8, 4) is 11.3 Å². The number of hydrogen-bond donors (Lipinski definition) is 1. The number of likely N-dealkylation sites (tertiary alicyclic amines) is 1. The first-order valence-corrected chi connectivity index (χ1v) is 9.65. The van der Waals surface area contributed by atoms with Gasteiger partial charge in [-0.1, -0.05) is 0 Å². The first kappa shape index (κ1) is 19.9. The van der Waals surface area contributed by atoms with E-state index in [-0.39, 0.29) is 17.9 Å². The normalized spacial score (nSPS) is 13.9. The minimum atomic E-state index is -0.714. The highest BCUT2D eigenvalue weighted by Crippen LogP contribution is 2.25. The molecule has 0 bridgehead atoms. The molecule has 1 amide bonds. The molecule has 1 aromatic carbocycles. The van der Waals surface area contributed by atoms with Crippen molar-refractivity contribution in [1.29, 1.82) is 0 Å². The fourth-order valence-corrected chi connectivity index (χ4v) is 3.48. The number of nitrogens with two attached hydrogens (primary N) is 1. The maximum atomic E-state index is 14.1. The molecule has 3 heterocycles. The van der Waals surface area contributed by atoms with Gasteiger partial charge in [-0.15, -0.1) is 0 Å². The zero-order valence-electron chi connectivity index (χ0n) is 16.5. The zero-order chi connectivity index (χ0) is 21.3. The molecule has 154 valence electrons. The number of aromatic nitrogens is 3. The monoisotopic (exact) mass is 409 g/mol. The van der Waals surface area contributed by atoms with Gasteiger partial charge in [-0.2, -0.15) is 0 Å². The molecule has 1 aliphatic heterocycles. The molecule has 0 atom stereocenters. The van der Waals surface area contributed by atoms with Gasteiger partial charge >= 0.3 is 0 Å². The number of nitrogens with zero attached hydrogens (tertiary/aromatic N) is 4. The van der Waals surface area contributed by atoms with Gasteiger partial charge in [0.25, 0.3) is 0 Å². The molecule has 0 spiro atoms. The minimum absolute atomic E-state index is 0.0273. The van der Waals surface area contributed by atoms with Crippen molar-refractivity contribution in [3.05, 3.63) is 71.4 Å². The fraction of sp³-hybridized carbons (Fsp3) is 0.273. The lowest BCUT2D eigenvalue weighted by molar-refractivity contribution is -0.136. The van der Waals surface area contributed by atoms with Crippen molar-refractivity contribution in [2.75, 3.05) is 18.8 Å². The number of nitrogen functional groups attached to an aromatic ring is 1. The molecule has 0 radical (unpaired) electrons. The standard InChI is InChI=1S/C22H21F2N5O/c1-13-9-27-16(10-26-13)6-14-11-29(12-14)22(30)8-21-19(25)4-5-20(28-21)17-3-2-15(23)7-18(17)24/h2-5,7,9-10,14H,6,8,11-12,25H2,1H3. The van der Waals surface area contributed by atoms with Gasteiger partial charge in [0.1, 0.15) is 11.6 Å². The Labute approximate surface area is 172 Å². The maximum Gasteiger partial charge on any atom is 0.228 e. The summed E-state index contributed by atoms with van der Waals surface area (Å²) in [4.78, 5) is 27.3. The topological polar surface area (TPSA) is 85.0 Å². The van der Waals surface area contributed by atoms with Gasteiger partial charge in [0, 0.05) is 37.1 Å². The van der Waals surface area contributed by atoms with Gasteiger partial charge < -0.3 is 10.6 Å². The van der Waals surface area contributed by atoms with Crippen LogP contribution in [0.4, 0.5) is 14.5 Å². The summed E-state index contributed by atoms with van der Waals surface area (Å²) in [6.07, 6.45) is 4.31. The largest absolute Gasteiger partial charge is 0.397 e. The van der Waals surface area contributed by atoms with Crippen molar-refractivity contribution in [2.45, 2.75) is 19.8 Å². The van der Waals surface area contributed by atoms with Crippen molar-refractivity contribution in [1.82, 2.24) is 19.9 Å². The maximum absolute atomic E-state index is 14.1. The van der Waals surface area contributed by atoms with E-state index in [4.69, 9.17) is 5.73 Å². The van der Waals surface area contributed by atoms with Crippen LogP contribution >= 0.6 is 0 Å². The summed E-state index contributed by atoms with van der Waals surface area (Å²) in [7, 11) is 0. The van der Waals surface area contributed by atoms with Crippen LogP contribution in [0.15, 0.2) is 42.7 Å². The van der Waals surface area contributed by atoms with E-state index >= 15 is 0 Å². The highest BCUT2D eigenvalue weighted by atomic mass is 19.1. The highest BCUT2D eigenvalue weighted by Gasteiger charge is 2.31. The van der Waals surface area contributed by atoms with Gasteiger partial charge in [0.05, 0.1) is 34.9 Å². The quantitative estimate of drug-likeness (QED) is 0.700. The molecule has 3 aromatic rings. The van der Waals surface area contributed by atoms with Gasteiger partial charge in [-0.3, -0.25) is 19.7 Å². The molecule has 1 saturated heterocycles. The molecular formula is C22H21F2N5O. The molecule has 30 heavy (non-hydrogen) atoms. The predicted molar refractivity (Wildman–Crippen MR) is 108 cm³/mol. The lowest BCUT2D eigenvalue weighted by Crippen LogP contribution is -2.51. The molecule has 8 heteroatoms. The molecular weight excluding hydrogens is 388 g/mol. The number of amides is 1. The molecule has 4 rings (SSSR count). The number of carbonyl (C=O) groups is 1. The number of rotatable bonds is 5. The summed E-state index contributed by atoms with van der Waals surface area (Å²) in [5.41, 5.74) is 8.98. The lowest BCUT2D eigenvalue weighted by atomic mass is 9.94. The van der Waals surface area contributed by atoms with Gasteiger partial charge in [-0.25, -0.2) is 8.78 Å². The Morgan fingerprint density at radius 2 is 1.97 bits per heavy atom. The Hall–Kier alpha value is -3.42. The van der Waals surface area contributed by atoms with E-state index in [2.05, 4.69) is 15.0 Å². The van der Waals surface area contributed by atoms with Crippen LogP contribution in [0.25, 0.3) is 11.3 Å². The third kappa shape index (κ3) is 4.27. The van der Waals surface area contributed by atoms with E-state index in [9.17, 15) is 13.6 Å². The molecule has 0 aliphatic carbocycles. The van der Waals surface area contributed by atoms with Crippen LogP contribution in [0.2, 0.25) is 0 Å². The number of benzene rings is 1. The summed E-state index contributed by atoms with van der Waals surface area (Å²) >= 11 is 0. The molecule has 2 aromatic heterocycles. The summed E-state index contributed by atoms with van der Waals surface area (Å²) in [5, 5.41) is 0. The smallest absolute Gasteiger partial charge is 0.228 e. The van der Waals surface area contributed by atoms with Crippen molar-refractivity contribution < 1.29 is 13.6 Å². The summed E-state index contributed by atoms with van der Waals surface area (Å²) < 4.78 is 27.2. The number of hydrogen-bond acceptors (Lipinski definition) is 5. The number of pyridine rings is 1. The number of carbonyl (C=O) groups excluding carboxylic acids is 1. The molecule has 1 fully saturated rings. The Bertz CT molecular complexity index is 1080. The first-order valence-electron chi connectivity index (χ1n) is 9.65. The summed E-state index contributed by atoms with van der Waals surface area (Å²) in [5.74, 6) is -1.12. The van der Waals surface area contributed by atoms with Gasteiger partial charge in [0.2, 0.25) is 5.91 Å². The average Bonchev–Trinajstić information content (AvgIpc) is 2.67. The van der Waals surface area contributed by atoms with E-state index < -0.39 is 11.6 Å². The Morgan fingerprint density at radius 1 is 1.17 bits per heavy atom. The number of aryl methyl sites for hydroxylation is 1. The van der Waals surface area contributed by atoms with E-state index in [1.54, 1.807) is 29.4 Å². The predicted octanol–water partition coefficient (Wildman–Crippen LogP) is 2.95. The Morgan fingerprint density at radius 3 is 2.67 bits per heavy atom. The highest BCUT2D eigenvalue weighted by molar-refractivity contribution is 5.81. The van der Waals surface area contributed by atoms with Crippen LogP contribution in [0.1, 0.15) is 17.1 Å². The molecule has 0 saturated carbocycles. The Kier molecular flexibility index (Phi) is 5.39. The fourth-order valence-electron chi connectivity index (χ4n) is 3.48. The summed E-state index contributed by atoms with van der Waals surface area (Å²) in [6.45, 7) is 3.17. The van der Waals surface area contributed by atoms with E-state index in [0.29, 0.717) is 36.1 Å². The van der Waals surface area contributed by atoms with E-state index in [1.807, 2.05) is 6.92 Å². The second kappa shape index (κ2) is 8.14. The second-order valence-corrected chi connectivity index (χ2v) is 7.55. The van der Waals surface area contributed by atoms with Crippen LogP contribution < -0.4 is 5.73 Å². The van der Waals surface area contributed by atoms with E-state index in [1.165, 1.54) is 12.1 Å². The first-order chi connectivity index (χ1) is 14.4. The molecule has 2 N–H and O–H groups in total. The zero-order valence-corrected chi connectivity index (χ0v) is 16.5. The van der Waals surface area contributed by atoms with Crippen LogP contribution in [0.5, 0.6) is 0 Å². The van der Waals surface area contributed by atoms with Crippen LogP contribution in [0, 0.1) is 24.5 Å². The van der Waals surface area contributed by atoms with Crippen molar-refractivity contribution in [3.63, 3.8) is 0 Å². The van der Waals surface area contributed by atoms with Crippen LogP contribution in [0.3, 0.4) is 0 Å². The van der Waals surface area contributed by atoms with Crippen LogP contribution in [-0.2, 0) is 17.6 Å². The molecule has 6 nitrogen and oxygen atoms in total. The SMILES string of the molecule is Cc1cnc(CC2CN(C(=O)Cc3nc(-c4ccc(F)cc4F)ccc3N)C2)cn1. The van der Waals surface area contributed by atoms with Gasteiger partial charge in [-0.05, 0) is 43.5 Å². The van der Waals surface area contributed by atoms with Gasteiger partial charge in [0.15, 0.2) is 0 Å². The molecule has 1 aliphatic rings. The summed E-state index contributed by atoms with van der Waals surface area (Å²) in [6, 6.07) is 6.43. The van der Waals surface area contributed by atoms with Crippen molar-refractivity contribution >= 4 is 11.6 Å². The lowest BCUT2D eigenvalue weighted by Gasteiger charge is -2.39. The van der Waals surface area contributed by atoms with Crippen molar-refractivity contribution in [2.24, 2.45) is 5.92 Å². The third-order valence-electron chi connectivity index (χ3n) is 5.18. The average molecular weight is 409 g/mol. The number of anilines is 1. The second-order valence-electron chi connectivity index (χ2n) is 7.55. The van der Waals surface area contributed by atoms with E-state index in [0.717, 1.165) is 23.9 Å². The molecule has 0 unspecified atom stereocenters.